The first kappa shape index (κ1) is 10.1. The molecule has 0 saturated carbocycles. The smallest absolute Gasteiger partial charge is 0.137 e. The van der Waals surface area contributed by atoms with Gasteiger partial charge in [-0.2, -0.15) is 0 Å². The summed E-state index contributed by atoms with van der Waals surface area (Å²) in [5.74, 6) is 0.471. The molecule has 84 valence electrons. The lowest BCUT2D eigenvalue weighted by atomic mass is 10.1. The molecular formula is C12H9ClN4. The number of nitrogen functional groups attached to an aromatic ring is 1. The van der Waals surface area contributed by atoms with E-state index in [1.165, 1.54) is 0 Å². The molecule has 3 aromatic heterocycles. The van der Waals surface area contributed by atoms with Crippen LogP contribution >= 0.6 is 11.6 Å². The summed E-state index contributed by atoms with van der Waals surface area (Å²) in [6.07, 6.45) is 5.13. The van der Waals surface area contributed by atoms with E-state index in [1.54, 1.807) is 18.5 Å². The molecule has 3 N–H and O–H groups in total. The Balaban J connectivity index is 2.36. The van der Waals surface area contributed by atoms with Crippen LogP contribution in [-0.2, 0) is 0 Å². The predicted molar refractivity (Wildman–Crippen MR) is 68.7 cm³/mol. The van der Waals surface area contributed by atoms with Crippen molar-refractivity contribution in [3.8, 4) is 11.1 Å². The maximum Gasteiger partial charge on any atom is 0.137 e. The van der Waals surface area contributed by atoms with Gasteiger partial charge in [0.15, 0.2) is 0 Å². The van der Waals surface area contributed by atoms with Gasteiger partial charge in [0.05, 0.1) is 5.02 Å². The van der Waals surface area contributed by atoms with Gasteiger partial charge in [-0.05, 0) is 23.8 Å². The molecule has 0 aliphatic rings. The minimum Gasteiger partial charge on any atom is -0.384 e. The number of anilines is 1. The van der Waals surface area contributed by atoms with E-state index in [9.17, 15) is 0 Å². The fourth-order valence-corrected chi connectivity index (χ4v) is 2.14. The zero-order valence-electron chi connectivity index (χ0n) is 8.81. The Labute approximate surface area is 102 Å². The van der Waals surface area contributed by atoms with Crippen molar-refractivity contribution in [2.45, 2.75) is 0 Å². The summed E-state index contributed by atoms with van der Waals surface area (Å²) >= 11 is 6.21. The summed E-state index contributed by atoms with van der Waals surface area (Å²) in [7, 11) is 0. The maximum absolute atomic E-state index is 6.21. The Hall–Kier alpha value is -2.07. The van der Waals surface area contributed by atoms with Gasteiger partial charge in [0.25, 0.3) is 0 Å². The Morgan fingerprint density at radius 3 is 2.94 bits per heavy atom. The third kappa shape index (κ3) is 1.62. The van der Waals surface area contributed by atoms with Crippen LogP contribution in [0.5, 0.6) is 0 Å². The van der Waals surface area contributed by atoms with Crippen molar-refractivity contribution in [3.63, 3.8) is 0 Å². The number of nitrogens with two attached hydrogens (primary N) is 1. The number of hydrogen-bond acceptors (Lipinski definition) is 3. The summed E-state index contributed by atoms with van der Waals surface area (Å²) in [4.78, 5) is 11.2. The predicted octanol–water partition coefficient (Wildman–Crippen LogP) is 2.86. The van der Waals surface area contributed by atoms with Crippen molar-refractivity contribution >= 4 is 28.5 Å². The van der Waals surface area contributed by atoms with Gasteiger partial charge in [0.2, 0.25) is 0 Å². The second kappa shape index (κ2) is 3.75. The van der Waals surface area contributed by atoms with Crippen LogP contribution in [0.3, 0.4) is 0 Å². The monoisotopic (exact) mass is 244 g/mol. The van der Waals surface area contributed by atoms with E-state index in [2.05, 4.69) is 15.0 Å². The largest absolute Gasteiger partial charge is 0.384 e. The van der Waals surface area contributed by atoms with Crippen LogP contribution < -0.4 is 5.73 Å². The highest BCUT2D eigenvalue weighted by atomic mass is 35.5. The fourth-order valence-electron chi connectivity index (χ4n) is 1.88. The van der Waals surface area contributed by atoms with Crippen LogP contribution in [0.15, 0.2) is 36.8 Å². The van der Waals surface area contributed by atoms with Crippen molar-refractivity contribution in [1.82, 2.24) is 15.0 Å². The van der Waals surface area contributed by atoms with Crippen LogP contribution in [0.4, 0.5) is 5.82 Å². The van der Waals surface area contributed by atoms with Crippen molar-refractivity contribution in [3.05, 3.63) is 41.8 Å². The van der Waals surface area contributed by atoms with Crippen LogP contribution in [0.1, 0.15) is 0 Å². The van der Waals surface area contributed by atoms with E-state index >= 15 is 0 Å². The highest BCUT2D eigenvalue weighted by molar-refractivity contribution is 6.34. The summed E-state index contributed by atoms with van der Waals surface area (Å²) in [5.41, 5.74) is 8.36. The van der Waals surface area contributed by atoms with E-state index in [0.717, 1.165) is 22.2 Å². The molecule has 0 saturated heterocycles. The van der Waals surface area contributed by atoms with E-state index < -0.39 is 0 Å². The fraction of sp³-hybridized carbons (Fsp3) is 0. The molecule has 17 heavy (non-hydrogen) atoms. The number of pyridine rings is 2. The zero-order valence-corrected chi connectivity index (χ0v) is 9.57. The highest BCUT2D eigenvalue weighted by Gasteiger charge is 2.10. The summed E-state index contributed by atoms with van der Waals surface area (Å²) in [6.45, 7) is 0. The number of H-pyrrole nitrogens is 1. The Kier molecular flexibility index (Phi) is 2.23. The van der Waals surface area contributed by atoms with E-state index in [1.807, 2.05) is 18.3 Å². The Morgan fingerprint density at radius 1 is 1.24 bits per heavy atom. The molecule has 0 aliphatic heterocycles. The number of nitrogens with one attached hydrogen (secondary N) is 1. The topological polar surface area (TPSA) is 67.6 Å². The molecule has 0 bridgehead atoms. The van der Waals surface area contributed by atoms with Gasteiger partial charge in [-0.3, -0.25) is 0 Å². The van der Waals surface area contributed by atoms with Gasteiger partial charge < -0.3 is 10.7 Å². The van der Waals surface area contributed by atoms with Gasteiger partial charge in [-0.25, -0.2) is 9.97 Å². The first-order chi connectivity index (χ1) is 8.25. The van der Waals surface area contributed by atoms with Gasteiger partial charge in [-0.15, -0.1) is 0 Å². The maximum atomic E-state index is 6.21. The van der Waals surface area contributed by atoms with Crippen molar-refractivity contribution in [2.24, 2.45) is 0 Å². The van der Waals surface area contributed by atoms with Gasteiger partial charge in [0, 0.05) is 29.5 Å². The summed E-state index contributed by atoms with van der Waals surface area (Å²) in [6, 6.07) is 5.62. The summed E-state index contributed by atoms with van der Waals surface area (Å²) < 4.78 is 0. The Morgan fingerprint density at radius 2 is 2.12 bits per heavy atom. The van der Waals surface area contributed by atoms with Crippen LogP contribution in [0, 0.1) is 0 Å². The SMILES string of the molecule is Nc1cc(-c2c(Cl)cnc3[nH]ccc23)ccn1. The number of hydrogen-bond donors (Lipinski definition) is 2. The molecule has 0 unspecified atom stereocenters. The molecule has 0 radical (unpaired) electrons. The average Bonchev–Trinajstić information content (AvgIpc) is 2.76. The van der Waals surface area contributed by atoms with E-state index in [4.69, 9.17) is 17.3 Å². The highest BCUT2D eigenvalue weighted by Crippen LogP contribution is 2.33. The normalized spacial score (nSPS) is 10.9. The van der Waals surface area contributed by atoms with Gasteiger partial charge >= 0.3 is 0 Å². The van der Waals surface area contributed by atoms with Crippen LogP contribution in [-0.4, -0.2) is 15.0 Å². The van der Waals surface area contributed by atoms with E-state index in [-0.39, 0.29) is 0 Å². The quantitative estimate of drug-likeness (QED) is 0.692. The molecule has 3 aromatic rings. The molecule has 3 rings (SSSR count). The number of rotatable bonds is 1. The molecule has 0 aliphatic carbocycles. The third-order valence-corrected chi connectivity index (χ3v) is 2.90. The molecule has 0 spiro atoms. The molecule has 4 nitrogen and oxygen atoms in total. The van der Waals surface area contributed by atoms with Crippen LogP contribution in [0.25, 0.3) is 22.2 Å². The number of nitrogens with zero attached hydrogens (tertiary/aromatic N) is 2. The molecule has 0 fully saturated rings. The van der Waals surface area contributed by atoms with E-state index in [0.29, 0.717) is 10.8 Å². The summed E-state index contributed by atoms with van der Waals surface area (Å²) in [5, 5.41) is 1.57. The first-order valence-corrected chi connectivity index (χ1v) is 5.47. The van der Waals surface area contributed by atoms with Gasteiger partial charge in [-0.1, -0.05) is 11.6 Å². The van der Waals surface area contributed by atoms with Crippen molar-refractivity contribution in [2.75, 3.05) is 5.73 Å². The zero-order chi connectivity index (χ0) is 11.8. The number of fused-ring (bicyclic) bond motifs is 1. The number of aromatic amines is 1. The van der Waals surface area contributed by atoms with Crippen molar-refractivity contribution in [1.29, 1.82) is 0 Å². The first-order valence-electron chi connectivity index (χ1n) is 5.09. The molecule has 0 amide bonds. The molecule has 0 aromatic carbocycles. The number of aromatic nitrogens is 3. The lowest BCUT2D eigenvalue weighted by Gasteiger charge is -2.06. The van der Waals surface area contributed by atoms with Gasteiger partial charge in [0.1, 0.15) is 11.5 Å². The molecule has 3 heterocycles. The van der Waals surface area contributed by atoms with Crippen molar-refractivity contribution < 1.29 is 0 Å². The third-order valence-electron chi connectivity index (χ3n) is 2.61. The van der Waals surface area contributed by atoms with Crippen LogP contribution in [0.2, 0.25) is 5.02 Å². The minimum absolute atomic E-state index is 0.471. The second-order valence-corrected chi connectivity index (χ2v) is 4.10. The molecular weight excluding hydrogens is 236 g/mol. The lowest BCUT2D eigenvalue weighted by molar-refractivity contribution is 1.32. The average molecular weight is 245 g/mol. The minimum atomic E-state index is 0.471. The Bertz CT molecular complexity index is 690. The molecule has 0 atom stereocenters. The second-order valence-electron chi connectivity index (χ2n) is 3.69. The molecule has 5 heteroatoms. The standard InChI is InChI=1S/C12H9ClN4/c13-9-6-17-12-8(2-4-16-12)11(9)7-1-3-15-10(14)5-7/h1-6H,(H2,14,15)(H,16,17). The lowest BCUT2D eigenvalue weighted by Crippen LogP contribution is -1.91. The number of halogens is 1.